The lowest BCUT2D eigenvalue weighted by atomic mass is 9.42. The van der Waals surface area contributed by atoms with E-state index in [0.29, 0.717) is 25.7 Å². The van der Waals surface area contributed by atoms with Crippen molar-refractivity contribution in [1.29, 1.82) is 0 Å². The van der Waals surface area contributed by atoms with Crippen LogP contribution in [-0.2, 0) is 14.9 Å². The summed E-state index contributed by atoms with van der Waals surface area (Å²) in [6, 6.07) is 0. The minimum absolute atomic E-state index is 0.0277. The van der Waals surface area contributed by atoms with Gasteiger partial charge < -0.3 is 25.7 Å². The molecular weight excluding hydrogens is 534 g/mol. The van der Waals surface area contributed by atoms with Crippen LogP contribution in [-0.4, -0.2) is 75.5 Å². The van der Waals surface area contributed by atoms with E-state index in [1.165, 1.54) is 0 Å². The highest BCUT2D eigenvalue weighted by Crippen LogP contribution is 2.69. The Balaban J connectivity index is 1.45. The first-order valence-corrected chi connectivity index (χ1v) is 16.7. The van der Waals surface area contributed by atoms with Gasteiger partial charge in [0.05, 0.1) is 29.7 Å². The number of hydrogen-bond acceptors (Lipinski definition) is 7. The summed E-state index contributed by atoms with van der Waals surface area (Å²) in [7, 11) is -4.13. The van der Waals surface area contributed by atoms with Crippen molar-refractivity contribution in [1.82, 2.24) is 5.32 Å². The van der Waals surface area contributed by atoms with Crippen LogP contribution in [0.4, 0.5) is 0 Å². The zero-order valence-electron chi connectivity index (χ0n) is 24.7. The normalized spacial score (nSPS) is 45.7. The number of carbonyl (C=O) groups excluding carboxylic acids is 1. The fourth-order valence-electron chi connectivity index (χ4n) is 9.54. The van der Waals surface area contributed by atoms with Crippen molar-refractivity contribution < 1.29 is 38.2 Å². The number of allylic oxidation sites excluding steroid dienone is 2. The highest BCUT2D eigenvalue weighted by Gasteiger charge is 2.68. The molecule has 0 unspecified atom stereocenters. The van der Waals surface area contributed by atoms with Crippen LogP contribution in [0.3, 0.4) is 0 Å². The van der Waals surface area contributed by atoms with E-state index < -0.39 is 45.2 Å². The van der Waals surface area contributed by atoms with E-state index in [-0.39, 0.29) is 65.7 Å². The van der Waals surface area contributed by atoms with Crippen LogP contribution in [0.15, 0.2) is 12.2 Å². The molecule has 0 spiro atoms. The first-order chi connectivity index (χ1) is 18.4. The second-order valence-corrected chi connectivity index (χ2v) is 15.8. The number of aliphatic hydroxyl groups excluding tert-OH is 3. The Hall–Kier alpha value is -1.04. The van der Waals surface area contributed by atoms with Gasteiger partial charge in [-0.25, -0.2) is 0 Å². The summed E-state index contributed by atoms with van der Waals surface area (Å²) < 4.78 is 30.7. The van der Waals surface area contributed by atoms with Crippen molar-refractivity contribution in [3.8, 4) is 0 Å². The fourth-order valence-corrected chi connectivity index (χ4v) is 9.90. The second-order valence-electron chi connectivity index (χ2n) is 14.2. The lowest BCUT2D eigenvalue weighted by Crippen LogP contribution is -2.69. The molecule has 0 bridgehead atoms. The summed E-state index contributed by atoms with van der Waals surface area (Å²) in [6.07, 6.45) is 6.64. The van der Waals surface area contributed by atoms with Gasteiger partial charge in [0, 0.05) is 24.3 Å². The molecule has 10 heteroatoms. The molecule has 0 aromatic rings. The zero-order valence-corrected chi connectivity index (χ0v) is 25.5. The first kappa shape index (κ1) is 31.9. The number of carbonyl (C=O) groups is 1. The Morgan fingerprint density at radius 2 is 1.73 bits per heavy atom. The van der Waals surface area contributed by atoms with Crippen molar-refractivity contribution in [2.45, 2.75) is 103 Å². The molecule has 13 atom stereocenters. The van der Waals surface area contributed by atoms with Gasteiger partial charge in [-0.2, -0.15) is 8.42 Å². The van der Waals surface area contributed by atoms with E-state index in [0.717, 1.165) is 12.8 Å². The van der Waals surface area contributed by atoms with Gasteiger partial charge in [-0.05, 0) is 79.4 Å². The van der Waals surface area contributed by atoms with Gasteiger partial charge in [0.15, 0.2) is 0 Å². The van der Waals surface area contributed by atoms with Crippen LogP contribution in [0.2, 0.25) is 0 Å². The standard InChI is InChI=1S/C30H51NO8S/c1-17(19(3)27(35)31-12-13-40(37,38)39)6-7-18(2)23-15-24(33)26-21-14-25(34)30(36)16-20(32)8-11-29(30,5)22(21)9-10-28(23,26)4/h6-7,17-26,32-34,36H,8-16H2,1-5H3,(H,31,35)(H,37,38,39)/b7-6+/t17-,18-,19+,20+,21-,22+,23-,24+,25-,26-,28-,29-,30+/m1/s1. The molecule has 4 aliphatic carbocycles. The third-order valence-electron chi connectivity index (χ3n) is 12.1. The quantitative estimate of drug-likeness (QED) is 0.187. The molecule has 4 saturated carbocycles. The maximum Gasteiger partial charge on any atom is 0.266 e. The minimum Gasteiger partial charge on any atom is -0.393 e. The van der Waals surface area contributed by atoms with Crippen molar-refractivity contribution in [3.63, 3.8) is 0 Å². The number of rotatable bonds is 8. The molecule has 0 aliphatic heterocycles. The highest BCUT2D eigenvalue weighted by atomic mass is 32.2. The van der Waals surface area contributed by atoms with Gasteiger partial charge in [0.2, 0.25) is 5.91 Å². The highest BCUT2D eigenvalue weighted by molar-refractivity contribution is 7.85. The molecule has 40 heavy (non-hydrogen) atoms. The SMILES string of the molecule is C[C@H](/C=C/[C@@H](C)[C@H]1C[C@H](O)[C@H]2[C@@H]3C[C@@H](O)[C@@]4(O)C[C@@H](O)CC[C@]4(C)[C@H]3CC[C@@]21C)[C@H](C)C(=O)NCCS(=O)(=O)O. The lowest BCUT2D eigenvalue weighted by Gasteiger charge is -2.65. The monoisotopic (exact) mass is 585 g/mol. The van der Waals surface area contributed by atoms with E-state index in [1.807, 2.05) is 13.0 Å². The van der Waals surface area contributed by atoms with Crippen molar-refractivity contribution in [2.24, 2.45) is 52.3 Å². The topological polar surface area (TPSA) is 164 Å². The molecule has 4 aliphatic rings. The maximum absolute atomic E-state index is 12.5. The molecule has 0 heterocycles. The minimum atomic E-state index is -4.13. The van der Waals surface area contributed by atoms with Gasteiger partial charge in [-0.1, -0.05) is 46.8 Å². The molecular formula is C30H51NO8S. The Kier molecular flexibility index (Phi) is 8.95. The van der Waals surface area contributed by atoms with E-state index >= 15 is 0 Å². The average molecular weight is 586 g/mol. The van der Waals surface area contributed by atoms with Crippen LogP contribution >= 0.6 is 0 Å². The lowest BCUT2D eigenvalue weighted by molar-refractivity contribution is -0.268. The van der Waals surface area contributed by atoms with E-state index in [9.17, 15) is 33.6 Å². The molecule has 1 amide bonds. The number of hydrogen-bond donors (Lipinski definition) is 6. The van der Waals surface area contributed by atoms with Crippen LogP contribution in [0.5, 0.6) is 0 Å². The molecule has 0 radical (unpaired) electrons. The van der Waals surface area contributed by atoms with Gasteiger partial charge >= 0.3 is 0 Å². The zero-order chi connectivity index (χ0) is 29.8. The predicted molar refractivity (Wildman–Crippen MR) is 152 cm³/mol. The number of amides is 1. The van der Waals surface area contributed by atoms with E-state index in [1.54, 1.807) is 6.92 Å². The van der Waals surface area contributed by atoms with Gasteiger partial charge in [0.25, 0.3) is 10.1 Å². The van der Waals surface area contributed by atoms with E-state index in [2.05, 4.69) is 32.2 Å². The fraction of sp³-hybridized carbons (Fsp3) is 0.900. The summed E-state index contributed by atoms with van der Waals surface area (Å²) in [4.78, 5) is 12.5. The Bertz CT molecular complexity index is 1080. The summed E-state index contributed by atoms with van der Waals surface area (Å²) >= 11 is 0. The third-order valence-corrected chi connectivity index (χ3v) is 12.8. The Morgan fingerprint density at radius 1 is 1.05 bits per heavy atom. The third kappa shape index (κ3) is 5.53. The summed E-state index contributed by atoms with van der Waals surface area (Å²) in [5.74, 6) is -0.549. The number of fused-ring (bicyclic) bond motifs is 5. The number of nitrogens with one attached hydrogen (secondary N) is 1. The van der Waals surface area contributed by atoms with Gasteiger partial charge in [0.1, 0.15) is 0 Å². The molecule has 0 aromatic carbocycles. The Morgan fingerprint density at radius 3 is 2.38 bits per heavy atom. The summed E-state index contributed by atoms with van der Waals surface area (Å²) in [5, 5.41) is 47.3. The molecule has 4 rings (SSSR count). The first-order valence-electron chi connectivity index (χ1n) is 15.1. The van der Waals surface area contributed by atoms with Crippen molar-refractivity contribution in [3.05, 3.63) is 12.2 Å². The molecule has 4 fully saturated rings. The summed E-state index contributed by atoms with van der Waals surface area (Å²) in [5.41, 5.74) is -1.91. The predicted octanol–water partition coefficient (Wildman–Crippen LogP) is 2.53. The second kappa shape index (κ2) is 11.2. The van der Waals surface area contributed by atoms with Crippen LogP contribution < -0.4 is 5.32 Å². The number of aliphatic hydroxyl groups is 4. The molecule has 0 saturated heterocycles. The van der Waals surface area contributed by atoms with Gasteiger partial charge in [-0.3, -0.25) is 9.35 Å². The average Bonchev–Trinajstić information content (AvgIpc) is 3.13. The molecule has 0 aromatic heterocycles. The molecule has 9 nitrogen and oxygen atoms in total. The van der Waals surface area contributed by atoms with Crippen molar-refractivity contribution >= 4 is 16.0 Å². The largest absolute Gasteiger partial charge is 0.393 e. The van der Waals surface area contributed by atoms with Crippen LogP contribution in [0.1, 0.15) is 79.6 Å². The van der Waals surface area contributed by atoms with Gasteiger partial charge in [-0.15, -0.1) is 0 Å². The molecule has 6 N–H and O–H groups in total. The molecule has 230 valence electrons. The van der Waals surface area contributed by atoms with Crippen LogP contribution in [0, 0.1) is 52.3 Å². The summed E-state index contributed by atoms with van der Waals surface area (Å²) in [6.45, 7) is 10.1. The smallest absolute Gasteiger partial charge is 0.266 e. The Labute approximate surface area is 239 Å². The maximum atomic E-state index is 12.5. The van der Waals surface area contributed by atoms with E-state index in [4.69, 9.17) is 4.55 Å². The van der Waals surface area contributed by atoms with Crippen molar-refractivity contribution in [2.75, 3.05) is 12.3 Å². The van der Waals surface area contributed by atoms with Crippen LogP contribution in [0.25, 0.3) is 0 Å².